The van der Waals surface area contributed by atoms with Crippen LogP contribution < -0.4 is 4.72 Å². The molecule has 0 heterocycles. The quantitative estimate of drug-likeness (QED) is 0.784. The van der Waals surface area contributed by atoms with Crippen molar-refractivity contribution < 1.29 is 8.42 Å². The van der Waals surface area contributed by atoms with Crippen LogP contribution in [0.5, 0.6) is 0 Å². The van der Waals surface area contributed by atoms with Crippen molar-refractivity contribution in [1.29, 1.82) is 0 Å². The zero-order valence-corrected chi connectivity index (χ0v) is 12.4. The second-order valence-electron chi connectivity index (χ2n) is 4.43. The van der Waals surface area contributed by atoms with Gasteiger partial charge in [-0.15, -0.1) is 11.6 Å². The maximum absolute atomic E-state index is 12.1. The van der Waals surface area contributed by atoms with Crippen LogP contribution in [-0.4, -0.2) is 20.3 Å². The molecule has 0 aliphatic rings. The number of hydrogen-bond acceptors (Lipinski definition) is 2. The summed E-state index contributed by atoms with van der Waals surface area (Å²) in [6.07, 6.45) is 2.76. The van der Waals surface area contributed by atoms with Gasteiger partial charge in [-0.2, -0.15) is 0 Å². The Labute approximate surface area is 115 Å². The number of nitrogens with one attached hydrogen (secondary N) is 1. The molecule has 1 aromatic rings. The topological polar surface area (TPSA) is 46.2 Å². The van der Waals surface area contributed by atoms with Crippen LogP contribution in [0.2, 0.25) is 0 Å². The Morgan fingerprint density at radius 2 is 1.89 bits per heavy atom. The Kier molecular flexibility index (Phi) is 6.12. The second-order valence-corrected chi connectivity index (χ2v) is 6.45. The standard InChI is InChI=1S/C13H20ClNO2S/c1-3-4-5-12(10-14)15-18(16,17)13-8-6-11(2)7-9-13/h6-9,12,15H,3-5,10H2,1-2H3. The Balaban J connectivity index is 2.77. The smallest absolute Gasteiger partial charge is 0.207 e. The summed E-state index contributed by atoms with van der Waals surface area (Å²) in [5.41, 5.74) is 1.04. The molecule has 1 unspecified atom stereocenters. The highest BCUT2D eigenvalue weighted by molar-refractivity contribution is 7.89. The van der Waals surface area contributed by atoms with E-state index in [4.69, 9.17) is 11.6 Å². The van der Waals surface area contributed by atoms with Crippen molar-refractivity contribution >= 4 is 21.6 Å². The van der Waals surface area contributed by atoms with E-state index in [1.165, 1.54) is 0 Å². The summed E-state index contributed by atoms with van der Waals surface area (Å²) in [5.74, 6) is 0.297. The van der Waals surface area contributed by atoms with Crippen molar-refractivity contribution in [2.45, 2.75) is 44.0 Å². The molecule has 0 saturated heterocycles. The highest BCUT2D eigenvalue weighted by Crippen LogP contribution is 2.12. The maximum Gasteiger partial charge on any atom is 0.240 e. The van der Waals surface area contributed by atoms with Gasteiger partial charge in [-0.25, -0.2) is 13.1 Å². The molecule has 0 saturated carbocycles. The van der Waals surface area contributed by atoms with Crippen LogP contribution in [0.4, 0.5) is 0 Å². The summed E-state index contributed by atoms with van der Waals surface area (Å²) in [6.45, 7) is 3.99. The zero-order valence-electron chi connectivity index (χ0n) is 10.8. The fourth-order valence-electron chi connectivity index (χ4n) is 1.62. The van der Waals surface area contributed by atoms with Crippen LogP contribution in [0.25, 0.3) is 0 Å². The Morgan fingerprint density at radius 3 is 2.39 bits per heavy atom. The average molecular weight is 290 g/mol. The summed E-state index contributed by atoms with van der Waals surface area (Å²) in [7, 11) is -3.45. The summed E-state index contributed by atoms with van der Waals surface area (Å²) >= 11 is 5.80. The van der Waals surface area contributed by atoms with Crippen LogP contribution in [0.15, 0.2) is 29.2 Å². The number of aryl methyl sites for hydroxylation is 1. The molecule has 0 fully saturated rings. The van der Waals surface area contributed by atoms with Gasteiger partial charge in [0.15, 0.2) is 0 Å². The molecule has 0 aromatic heterocycles. The number of halogens is 1. The minimum Gasteiger partial charge on any atom is -0.207 e. The van der Waals surface area contributed by atoms with E-state index in [9.17, 15) is 8.42 Å². The third-order valence-corrected chi connectivity index (χ3v) is 4.65. The van der Waals surface area contributed by atoms with Crippen molar-refractivity contribution in [3.63, 3.8) is 0 Å². The lowest BCUT2D eigenvalue weighted by Gasteiger charge is -2.15. The van der Waals surface area contributed by atoms with Crippen molar-refractivity contribution in [3.8, 4) is 0 Å². The molecule has 0 amide bonds. The normalized spacial score (nSPS) is 13.5. The number of benzene rings is 1. The van der Waals surface area contributed by atoms with Crippen molar-refractivity contribution in [3.05, 3.63) is 29.8 Å². The first-order valence-electron chi connectivity index (χ1n) is 6.14. The molecule has 1 N–H and O–H groups in total. The number of rotatable bonds is 7. The van der Waals surface area contributed by atoms with E-state index >= 15 is 0 Å². The molecule has 102 valence electrons. The lowest BCUT2D eigenvalue weighted by molar-refractivity contribution is 0.536. The minimum absolute atomic E-state index is 0.196. The summed E-state index contributed by atoms with van der Waals surface area (Å²) in [4.78, 5) is 0.291. The average Bonchev–Trinajstić information content (AvgIpc) is 2.35. The number of unbranched alkanes of at least 4 members (excludes halogenated alkanes) is 1. The molecule has 0 radical (unpaired) electrons. The minimum atomic E-state index is -3.45. The lowest BCUT2D eigenvalue weighted by Crippen LogP contribution is -2.36. The van der Waals surface area contributed by atoms with Crippen molar-refractivity contribution in [2.75, 3.05) is 5.88 Å². The van der Waals surface area contributed by atoms with Gasteiger partial charge in [-0.3, -0.25) is 0 Å². The molecular formula is C13H20ClNO2S. The summed E-state index contributed by atoms with van der Waals surface area (Å²) in [5, 5.41) is 0. The largest absolute Gasteiger partial charge is 0.240 e. The first-order chi connectivity index (χ1) is 8.49. The van der Waals surface area contributed by atoms with Gasteiger partial charge in [0.2, 0.25) is 10.0 Å². The van der Waals surface area contributed by atoms with Gasteiger partial charge in [-0.1, -0.05) is 37.5 Å². The molecule has 0 bridgehead atoms. The van der Waals surface area contributed by atoms with Gasteiger partial charge in [0.25, 0.3) is 0 Å². The maximum atomic E-state index is 12.1. The SMILES string of the molecule is CCCCC(CCl)NS(=O)(=O)c1ccc(C)cc1. The highest BCUT2D eigenvalue weighted by Gasteiger charge is 2.18. The lowest BCUT2D eigenvalue weighted by atomic mass is 10.2. The van der Waals surface area contributed by atoms with E-state index in [2.05, 4.69) is 11.6 Å². The molecule has 1 rings (SSSR count). The van der Waals surface area contributed by atoms with Crippen LogP contribution in [0.3, 0.4) is 0 Å². The van der Waals surface area contributed by atoms with Crippen LogP contribution >= 0.6 is 11.6 Å². The molecule has 1 aromatic carbocycles. The van der Waals surface area contributed by atoms with E-state index in [-0.39, 0.29) is 6.04 Å². The van der Waals surface area contributed by atoms with E-state index in [0.29, 0.717) is 10.8 Å². The summed E-state index contributed by atoms with van der Waals surface area (Å²) in [6, 6.07) is 6.61. The molecule has 3 nitrogen and oxygen atoms in total. The Hall–Kier alpha value is -0.580. The van der Waals surface area contributed by atoms with Gasteiger partial charge >= 0.3 is 0 Å². The number of sulfonamides is 1. The van der Waals surface area contributed by atoms with E-state index < -0.39 is 10.0 Å². The van der Waals surface area contributed by atoms with Crippen LogP contribution in [0.1, 0.15) is 31.7 Å². The Bertz CT molecular complexity index is 456. The molecule has 18 heavy (non-hydrogen) atoms. The van der Waals surface area contributed by atoms with Gasteiger partial charge in [0.1, 0.15) is 0 Å². The molecule has 1 atom stereocenters. The molecule has 5 heteroatoms. The van der Waals surface area contributed by atoms with E-state index in [1.54, 1.807) is 24.3 Å². The number of alkyl halides is 1. The monoisotopic (exact) mass is 289 g/mol. The molecule has 0 aliphatic heterocycles. The van der Waals surface area contributed by atoms with Gasteiger partial charge in [0.05, 0.1) is 4.90 Å². The first kappa shape index (κ1) is 15.5. The Morgan fingerprint density at radius 1 is 1.28 bits per heavy atom. The fourth-order valence-corrected chi connectivity index (χ4v) is 3.22. The van der Waals surface area contributed by atoms with Crippen LogP contribution in [0, 0.1) is 6.92 Å². The van der Waals surface area contributed by atoms with Crippen molar-refractivity contribution in [2.24, 2.45) is 0 Å². The predicted molar refractivity (Wildman–Crippen MR) is 75.5 cm³/mol. The fraction of sp³-hybridized carbons (Fsp3) is 0.538. The third-order valence-electron chi connectivity index (χ3n) is 2.75. The third kappa shape index (κ3) is 4.59. The molecule has 0 aliphatic carbocycles. The number of hydrogen-bond donors (Lipinski definition) is 1. The van der Waals surface area contributed by atoms with Gasteiger partial charge < -0.3 is 0 Å². The predicted octanol–water partition coefficient (Wildman–Crippen LogP) is 3.07. The van der Waals surface area contributed by atoms with E-state index in [0.717, 1.165) is 24.8 Å². The molecule has 0 spiro atoms. The first-order valence-corrected chi connectivity index (χ1v) is 8.16. The van der Waals surface area contributed by atoms with Gasteiger partial charge in [0, 0.05) is 11.9 Å². The molecular weight excluding hydrogens is 270 g/mol. The summed E-state index contributed by atoms with van der Waals surface area (Å²) < 4.78 is 26.9. The van der Waals surface area contributed by atoms with Crippen LogP contribution in [-0.2, 0) is 10.0 Å². The zero-order chi connectivity index (χ0) is 13.6. The van der Waals surface area contributed by atoms with Crippen molar-refractivity contribution in [1.82, 2.24) is 4.72 Å². The highest BCUT2D eigenvalue weighted by atomic mass is 35.5. The second kappa shape index (κ2) is 7.12. The van der Waals surface area contributed by atoms with Gasteiger partial charge in [-0.05, 0) is 25.5 Å². The van der Waals surface area contributed by atoms with E-state index in [1.807, 2.05) is 6.92 Å².